The van der Waals surface area contributed by atoms with Crippen molar-refractivity contribution in [1.29, 1.82) is 0 Å². The van der Waals surface area contributed by atoms with Crippen molar-refractivity contribution in [3.05, 3.63) is 0 Å². The molecule has 0 fully saturated rings. The van der Waals surface area contributed by atoms with Gasteiger partial charge in [0.15, 0.2) is 0 Å². The third-order valence-electron chi connectivity index (χ3n) is 0.225. The number of alkyl halides is 2. The topological polar surface area (TPSA) is 54.4 Å². The molecule has 0 aliphatic carbocycles. The Bertz CT molecular complexity index is 147. The van der Waals surface area contributed by atoms with Crippen LogP contribution in [0.2, 0.25) is 0 Å². The average Bonchev–Trinajstić information content (AvgIpc) is 1.31. The van der Waals surface area contributed by atoms with E-state index in [0.29, 0.717) is 0 Å². The van der Waals surface area contributed by atoms with Gasteiger partial charge in [-0.25, -0.2) is 0 Å². The minimum Gasteiger partial charge on any atom is -1.00 e. The normalized spacial score (nSPS) is 11.0. The number of hydrogen-bond donors (Lipinski definition) is 1. The van der Waals surface area contributed by atoms with Gasteiger partial charge in [0.2, 0.25) is 0 Å². The van der Waals surface area contributed by atoms with Crippen LogP contribution in [-0.4, -0.2) is 41.8 Å². The van der Waals surface area contributed by atoms with Crippen molar-refractivity contribution in [2.45, 2.75) is 5.76 Å². The van der Waals surface area contributed by atoms with E-state index < -0.39 is 15.9 Å². The quantitative estimate of drug-likeness (QED) is 0.430. The second-order valence-electron chi connectivity index (χ2n) is 0.776. The molecule has 0 saturated heterocycles. The van der Waals surface area contributed by atoms with Crippen molar-refractivity contribution in [2.75, 3.05) is 0 Å². The molecule has 0 aromatic rings. The van der Waals surface area contributed by atoms with Gasteiger partial charge in [-0.15, -0.1) is 0 Å². The summed E-state index contributed by atoms with van der Waals surface area (Å²) in [6.45, 7) is 0. The molecule has 0 aromatic carbocycles. The van der Waals surface area contributed by atoms with Gasteiger partial charge in [-0.05, 0) is 0 Å². The number of hydrogen-bond acceptors (Lipinski definition) is 2. The van der Waals surface area contributed by atoms with E-state index in [1.165, 1.54) is 0 Å². The van der Waals surface area contributed by atoms with Crippen LogP contribution in [0.1, 0.15) is 2.85 Å². The molecule has 0 saturated carbocycles. The summed E-state index contributed by atoms with van der Waals surface area (Å²) >= 11 is 0. The Balaban J connectivity index is -0.0000000600. The van der Waals surface area contributed by atoms with Gasteiger partial charge >= 0.3 is 38.9 Å². The summed E-state index contributed by atoms with van der Waals surface area (Å²) in [4.78, 5) is 0. The Kier molecular flexibility index (Phi) is 5.02. The van der Waals surface area contributed by atoms with Crippen LogP contribution >= 0.6 is 0 Å². The molecule has 1 N–H and O–H groups in total. The third-order valence-corrected chi connectivity index (χ3v) is 0.675. The molecule has 0 heterocycles. The number of rotatable bonds is 1. The second-order valence-corrected chi connectivity index (χ2v) is 2.16. The zero-order valence-corrected chi connectivity index (χ0v) is 5.94. The van der Waals surface area contributed by atoms with Gasteiger partial charge in [-0.3, -0.25) is 4.55 Å². The van der Waals surface area contributed by atoms with Gasteiger partial charge in [0.1, 0.15) is 0 Å². The van der Waals surface area contributed by atoms with Gasteiger partial charge in [0.25, 0.3) is 0 Å². The van der Waals surface area contributed by atoms with Crippen molar-refractivity contribution in [3.63, 3.8) is 0 Å². The van der Waals surface area contributed by atoms with Crippen LogP contribution in [0.25, 0.3) is 0 Å². The van der Waals surface area contributed by atoms with Gasteiger partial charge in [0, 0.05) is 0 Å². The Morgan fingerprint density at radius 3 is 1.62 bits per heavy atom. The summed E-state index contributed by atoms with van der Waals surface area (Å²) in [6.07, 6.45) is 0. The van der Waals surface area contributed by atoms with E-state index in [0.717, 1.165) is 0 Å². The van der Waals surface area contributed by atoms with E-state index >= 15 is 0 Å². The molecule has 0 amide bonds. The molecule has 0 bridgehead atoms. The zero-order chi connectivity index (χ0) is 6.08. The van der Waals surface area contributed by atoms with Crippen molar-refractivity contribution in [1.82, 2.24) is 0 Å². The fourth-order valence-electron chi connectivity index (χ4n) is 0. The Labute approximate surface area is 63.9 Å². The smallest absolute Gasteiger partial charge is 1.00 e. The van der Waals surface area contributed by atoms with Crippen LogP contribution in [0.4, 0.5) is 8.78 Å². The first-order valence-corrected chi connectivity index (χ1v) is 2.69. The molecular weight excluding hydrogens is 154 g/mol. The van der Waals surface area contributed by atoms with Crippen molar-refractivity contribution in [3.8, 4) is 0 Å². The average molecular weight is 158 g/mol. The van der Waals surface area contributed by atoms with Gasteiger partial charge in [-0.2, -0.15) is 17.2 Å². The summed E-state index contributed by atoms with van der Waals surface area (Å²) in [7, 11) is -5.07. The molecule has 0 aliphatic heterocycles. The first-order chi connectivity index (χ1) is 2.94. The van der Waals surface area contributed by atoms with E-state index in [9.17, 15) is 8.78 Å². The summed E-state index contributed by atoms with van der Waals surface area (Å²) in [5.41, 5.74) is 0. The van der Waals surface area contributed by atoms with Gasteiger partial charge < -0.3 is 2.85 Å². The molecule has 8 heavy (non-hydrogen) atoms. The SMILES string of the molecule is O=S(=O)(O)C(F)F.[H-].[H-].[Mg+2]. The maximum Gasteiger partial charge on any atom is 2.00 e. The minimum atomic E-state index is -5.07. The molecule has 0 radical (unpaired) electrons. The molecule has 3 nitrogen and oxygen atoms in total. The third kappa shape index (κ3) is 4.69. The maximum atomic E-state index is 10.7. The van der Waals surface area contributed by atoms with Gasteiger partial charge in [0.05, 0.1) is 0 Å². The molecule has 7 heteroatoms. The van der Waals surface area contributed by atoms with Crippen LogP contribution in [-0.2, 0) is 10.1 Å². The molecule has 0 unspecified atom stereocenters. The standard InChI is InChI=1S/CH2F2O3S.Mg.2H/c2-1(3)7(4,5)6;;;/h1H,(H,4,5,6);;;/q;+2;2*-1. The van der Waals surface area contributed by atoms with E-state index in [2.05, 4.69) is 0 Å². The van der Waals surface area contributed by atoms with Gasteiger partial charge in [-0.1, -0.05) is 0 Å². The van der Waals surface area contributed by atoms with E-state index in [4.69, 9.17) is 13.0 Å². The molecule has 0 spiro atoms. The molecule has 0 atom stereocenters. The Hall–Kier alpha value is 0.536. The van der Waals surface area contributed by atoms with Crippen molar-refractivity contribution >= 4 is 33.2 Å². The van der Waals surface area contributed by atoms with Crippen LogP contribution in [0.3, 0.4) is 0 Å². The summed E-state index contributed by atoms with van der Waals surface area (Å²) < 4.78 is 47.0. The van der Waals surface area contributed by atoms with Crippen LogP contribution in [0.5, 0.6) is 0 Å². The first-order valence-electron chi connectivity index (χ1n) is 1.19. The molecule has 0 aliphatic rings. The van der Waals surface area contributed by atoms with Crippen molar-refractivity contribution in [2.24, 2.45) is 0 Å². The van der Waals surface area contributed by atoms with E-state index in [1.807, 2.05) is 0 Å². The predicted molar refractivity (Wildman–Crippen MR) is 25.5 cm³/mol. The molecule has 48 valence electrons. The summed E-state index contributed by atoms with van der Waals surface area (Å²) in [5, 5.41) is 0. The summed E-state index contributed by atoms with van der Waals surface area (Å²) in [6, 6.07) is 0. The summed E-state index contributed by atoms with van der Waals surface area (Å²) in [5.74, 6) is -3.67. The van der Waals surface area contributed by atoms with E-state index in [1.54, 1.807) is 0 Å². The Morgan fingerprint density at radius 1 is 1.50 bits per heavy atom. The Morgan fingerprint density at radius 2 is 1.62 bits per heavy atom. The monoisotopic (exact) mass is 158 g/mol. The second kappa shape index (κ2) is 3.54. The number of halogens is 2. The van der Waals surface area contributed by atoms with Crippen LogP contribution in [0.15, 0.2) is 0 Å². The first kappa shape index (κ1) is 11.3. The maximum absolute atomic E-state index is 10.7. The fourth-order valence-corrected chi connectivity index (χ4v) is 0. The van der Waals surface area contributed by atoms with Crippen molar-refractivity contribution < 1.29 is 24.6 Å². The molecule has 0 aromatic heterocycles. The fraction of sp³-hybridized carbons (Fsp3) is 1.00. The largest absolute Gasteiger partial charge is 2.00 e. The molecular formula is CH4F2MgO3S. The van der Waals surface area contributed by atoms with Crippen LogP contribution in [0, 0.1) is 0 Å². The minimum absolute atomic E-state index is 0. The van der Waals surface area contributed by atoms with E-state index in [-0.39, 0.29) is 25.9 Å². The molecule has 0 rings (SSSR count). The predicted octanol–water partition coefficient (Wildman–Crippen LogP) is -0.0590. The van der Waals surface area contributed by atoms with Crippen LogP contribution < -0.4 is 0 Å². The zero-order valence-electron chi connectivity index (χ0n) is 5.71.